The van der Waals surface area contributed by atoms with E-state index < -0.39 is 36.2 Å². The largest absolute Gasteiger partial charge is 0.419 e. The minimum Gasteiger partial charge on any atom is -0.324 e. The molecule has 0 fully saturated rings. The molecule has 0 aliphatic heterocycles. The molecule has 0 bridgehead atoms. The second-order valence-corrected chi connectivity index (χ2v) is 3.66. The van der Waals surface area contributed by atoms with Gasteiger partial charge in [0.1, 0.15) is 5.82 Å². The van der Waals surface area contributed by atoms with E-state index in [9.17, 15) is 30.7 Å². The topological polar surface area (TPSA) is 26.0 Å². The Morgan fingerprint density at radius 2 is 1.61 bits per heavy atom. The molecule has 0 aliphatic rings. The molecule has 1 aromatic rings. The molecule has 2 N–H and O–H groups in total. The summed E-state index contributed by atoms with van der Waals surface area (Å²) in [5, 5.41) is 0. The number of alkyl halides is 6. The summed E-state index contributed by atoms with van der Waals surface area (Å²) in [7, 11) is 0. The maximum atomic E-state index is 13.1. The molecule has 1 nitrogen and oxygen atoms in total. The lowest BCUT2D eigenvalue weighted by Gasteiger charge is -2.16. The van der Waals surface area contributed by atoms with Crippen molar-refractivity contribution in [3.63, 3.8) is 0 Å². The lowest BCUT2D eigenvalue weighted by atomic mass is 10.0. The quantitative estimate of drug-likeness (QED) is 0.816. The first kappa shape index (κ1) is 14.7. The van der Waals surface area contributed by atoms with Crippen LogP contribution in [-0.2, 0) is 6.18 Å². The highest BCUT2D eigenvalue weighted by molar-refractivity contribution is 5.28. The van der Waals surface area contributed by atoms with Gasteiger partial charge >= 0.3 is 12.4 Å². The summed E-state index contributed by atoms with van der Waals surface area (Å²) in [4.78, 5) is 0. The molecule has 1 aromatic carbocycles. The second-order valence-electron chi connectivity index (χ2n) is 3.66. The van der Waals surface area contributed by atoms with Gasteiger partial charge in [0, 0.05) is 6.04 Å². The van der Waals surface area contributed by atoms with E-state index in [0.29, 0.717) is 12.1 Å². The maximum Gasteiger partial charge on any atom is 0.419 e. The molecule has 0 amide bonds. The van der Waals surface area contributed by atoms with Crippen LogP contribution >= 0.6 is 0 Å². The van der Waals surface area contributed by atoms with Crippen LogP contribution in [0, 0.1) is 5.82 Å². The zero-order valence-electron chi connectivity index (χ0n) is 8.74. The van der Waals surface area contributed by atoms with Gasteiger partial charge < -0.3 is 5.73 Å². The third-order valence-corrected chi connectivity index (χ3v) is 2.18. The monoisotopic (exact) mass is 275 g/mol. The Kier molecular flexibility index (Phi) is 3.89. The summed E-state index contributed by atoms with van der Waals surface area (Å²) in [5.41, 5.74) is 3.27. The molecule has 0 spiro atoms. The van der Waals surface area contributed by atoms with Crippen LogP contribution in [0.5, 0.6) is 0 Å². The molecule has 0 saturated carbocycles. The third kappa shape index (κ3) is 3.86. The molecule has 1 rings (SSSR count). The Bertz CT molecular complexity index is 421. The van der Waals surface area contributed by atoms with Gasteiger partial charge in [0.15, 0.2) is 0 Å². The Balaban J connectivity index is 2.98. The van der Waals surface area contributed by atoms with Crippen molar-refractivity contribution in [2.24, 2.45) is 5.73 Å². The van der Waals surface area contributed by atoms with Crippen LogP contribution in [0.4, 0.5) is 30.7 Å². The van der Waals surface area contributed by atoms with E-state index in [4.69, 9.17) is 5.73 Å². The van der Waals surface area contributed by atoms with Crippen molar-refractivity contribution >= 4 is 0 Å². The molecule has 18 heavy (non-hydrogen) atoms. The number of nitrogens with two attached hydrogens (primary N) is 1. The fraction of sp³-hybridized carbons (Fsp3) is 0.400. The van der Waals surface area contributed by atoms with Crippen LogP contribution in [0.3, 0.4) is 0 Å². The van der Waals surface area contributed by atoms with E-state index in [1.807, 2.05) is 0 Å². The fourth-order valence-electron chi connectivity index (χ4n) is 1.36. The van der Waals surface area contributed by atoms with Crippen molar-refractivity contribution in [2.45, 2.75) is 24.8 Å². The van der Waals surface area contributed by atoms with E-state index in [1.165, 1.54) is 0 Å². The molecular weight excluding hydrogens is 267 g/mol. The Hall–Kier alpha value is -1.31. The smallest absolute Gasteiger partial charge is 0.324 e. The molecule has 8 heteroatoms. The molecule has 0 radical (unpaired) electrons. The number of benzene rings is 1. The summed E-state index contributed by atoms with van der Waals surface area (Å²) >= 11 is 0. The van der Waals surface area contributed by atoms with Crippen molar-refractivity contribution in [2.75, 3.05) is 0 Å². The van der Waals surface area contributed by atoms with E-state index in [0.717, 1.165) is 6.07 Å². The second kappa shape index (κ2) is 4.75. The lowest BCUT2D eigenvalue weighted by Crippen LogP contribution is -2.20. The Labute approximate surface area is 97.4 Å². The highest BCUT2D eigenvalue weighted by atomic mass is 19.4. The Morgan fingerprint density at radius 3 is 2.00 bits per heavy atom. The van der Waals surface area contributed by atoms with Crippen molar-refractivity contribution in [3.05, 3.63) is 35.1 Å². The van der Waals surface area contributed by atoms with Crippen LogP contribution in [0.1, 0.15) is 23.6 Å². The highest BCUT2D eigenvalue weighted by Gasteiger charge is 2.35. The van der Waals surface area contributed by atoms with Gasteiger partial charge in [0.05, 0.1) is 12.0 Å². The molecular formula is C10H8F7N. The average Bonchev–Trinajstić information content (AvgIpc) is 2.12. The van der Waals surface area contributed by atoms with Gasteiger partial charge in [0.25, 0.3) is 0 Å². The minimum atomic E-state index is -4.89. The SMILES string of the molecule is N[C@@H](CC(F)(F)F)c1ccc(C(F)(F)F)c(F)c1. The van der Waals surface area contributed by atoms with E-state index in [1.54, 1.807) is 0 Å². The molecule has 0 saturated heterocycles. The average molecular weight is 275 g/mol. The van der Waals surface area contributed by atoms with Crippen LogP contribution < -0.4 is 5.73 Å². The maximum absolute atomic E-state index is 13.1. The summed E-state index contributed by atoms with van der Waals surface area (Å²) in [6, 6.07) is -0.107. The third-order valence-electron chi connectivity index (χ3n) is 2.18. The molecule has 1 atom stereocenters. The van der Waals surface area contributed by atoms with Crippen LogP contribution in [0.25, 0.3) is 0 Å². The Morgan fingerprint density at radius 1 is 1.06 bits per heavy atom. The van der Waals surface area contributed by atoms with Gasteiger partial charge in [-0.3, -0.25) is 0 Å². The first-order valence-corrected chi connectivity index (χ1v) is 4.69. The zero-order valence-corrected chi connectivity index (χ0v) is 8.74. The van der Waals surface area contributed by atoms with Crippen molar-refractivity contribution in [1.29, 1.82) is 0 Å². The summed E-state index contributed by atoms with van der Waals surface area (Å²) in [5.74, 6) is -1.64. The minimum absolute atomic E-state index is 0.335. The number of hydrogen-bond donors (Lipinski definition) is 1. The molecule has 0 heterocycles. The van der Waals surface area contributed by atoms with Crippen LogP contribution in [-0.4, -0.2) is 6.18 Å². The molecule has 102 valence electrons. The standard InChI is InChI=1S/C10H8F7N/c11-7-3-5(8(18)4-9(12,13)14)1-2-6(7)10(15,16)17/h1-3,8H,4,18H2/t8-/m0/s1. The zero-order chi connectivity index (χ0) is 14.1. The fourth-order valence-corrected chi connectivity index (χ4v) is 1.36. The summed E-state index contributed by atoms with van der Waals surface area (Å²) in [6.07, 6.45) is -10.9. The van der Waals surface area contributed by atoms with Gasteiger partial charge in [-0.25, -0.2) is 4.39 Å². The summed E-state index contributed by atoms with van der Waals surface area (Å²) in [6.45, 7) is 0. The van der Waals surface area contributed by atoms with Gasteiger partial charge in [-0.15, -0.1) is 0 Å². The van der Waals surface area contributed by atoms with Crippen molar-refractivity contribution in [3.8, 4) is 0 Å². The normalized spacial score (nSPS) is 14.7. The van der Waals surface area contributed by atoms with Crippen molar-refractivity contribution < 1.29 is 30.7 Å². The van der Waals surface area contributed by atoms with Crippen molar-refractivity contribution in [1.82, 2.24) is 0 Å². The molecule has 0 aliphatic carbocycles. The summed E-state index contributed by atoms with van der Waals surface area (Å²) < 4.78 is 85.7. The lowest BCUT2D eigenvalue weighted by molar-refractivity contribution is -0.141. The van der Waals surface area contributed by atoms with Gasteiger partial charge in [-0.2, -0.15) is 26.3 Å². The van der Waals surface area contributed by atoms with Gasteiger partial charge in [-0.1, -0.05) is 6.07 Å². The highest BCUT2D eigenvalue weighted by Crippen LogP contribution is 2.34. The molecule has 0 unspecified atom stereocenters. The van der Waals surface area contributed by atoms with Crippen LogP contribution in [0.15, 0.2) is 18.2 Å². The van der Waals surface area contributed by atoms with E-state index >= 15 is 0 Å². The first-order valence-electron chi connectivity index (χ1n) is 4.69. The predicted molar refractivity (Wildman–Crippen MR) is 49.0 cm³/mol. The number of hydrogen-bond acceptors (Lipinski definition) is 1. The van der Waals surface area contributed by atoms with Crippen LogP contribution in [0.2, 0.25) is 0 Å². The predicted octanol–water partition coefficient (Wildman–Crippen LogP) is 3.80. The molecule has 0 aromatic heterocycles. The van der Waals surface area contributed by atoms with Gasteiger partial charge in [0.2, 0.25) is 0 Å². The number of halogens is 7. The first-order chi connectivity index (χ1) is 8.00. The number of rotatable bonds is 2. The van der Waals surface area contributed by atoms with E-state index in [2.05, 4.69) is 0 Å². The van der Waals surface area contributed by atoms with Gasteiger partial charge in [-0.05, 0) is 17.7 Å². The van der Waals surface area contributed by atoms with E-state index in [-0.39, 0.29) is 5.56 Å².